The topological polar surface area (TPSA) is 97.7 Å². The Bertz CT molecular complexity index is 930. The van der Waals surface area contributed by atoms with E-state index in [0.29, 0.717) is 22.9 Å². The first-order valence-electron chi connectivity index (χ1n) is 9.96. The zero-order valence-corrected chi connectivity index (χ0v) is 17.7. The van der Waals surface area contributed by atoms with Gasteiger partial charge in [-0.05, 0) is 62.4 Å². The number of hydrogen-bond acceptors (Lipinski definition) is 7. The molecule has 1 amide bonds. The van der Waals surface area contributed by atoms with E-state index in [9.17, 15) is 14.9 Å². The molecule has 1 heterocycles. The summed E-state index contributed by atoms with van der Waals surface area (Å²) in [5.74, 6) is 0.393. The molecule has 0 radical (unpaired) electrons. The number of anilines is 1. The standard InChI is InChI=1S/C22H24N2O5S/c1-2-27-15-7-9-16(10-8-15)28-12-11-21(26)29-14-20(25)24-22-18(13-23)17-5-3-4-6-19(17)30-22/h7-10H,2-6,11-12,14H2,1H3,(H,24,25). The highest BCUT2D eigenvalue weighted by atomic mass is 32.1. The zero-order valence-electron chi connectivity index (χ0n) is 16.9. The van der Waals surface area contributed by atoms with E-state index in [1.165, 1.54) is 11.3 Å². The summed E-state index contributed by atoms with van der Waals surface area (Å²) >= 11 is 1.44. The van der Waals surface area contributed by atoms with Gasteiger partial charge in [0.05, 0.1) is 25.2 Å². The highest BCUT2D eigenvalue weighted by Crippen LogP contribution is 2.37. The first kappa shape index (κ1) is 21.7. The molecule has 0 saturated carbocycles. The number of nitrogens with one attached hydrogen (secondary N) is 1. The third-order valence-corrected chi connectivity index (χ3v) is 5.82. The number of fused-ring (bicyclic) bond motifs is 1. The van der Waals surface area contributed by atoms with Crippen LogP contribution in [0.2, 0.25) is 0 Å². The van der Waals surface area contributed by atoms with Gasteiger partial charge in [-0.3, -0.25) is 9.59 Å². The summed E-state index contributed by atoms with van der Waals surface area (Å²) in [5, 5.41) is 12.7. The van der Waals surface area contributed by atoms with Gasteiger partial charge in [0, 0.05) is 4.88 Å². The Labute approximate surface area is 179 Å². The lowest BCUT2D eigenvalue weighted by molar-refractivity contribution is -0.147. The van der Waals surface area contributed by atoms with E-state index in [4.69, 9.17) is 14.2 Å². The molecule has 7 nitrogen and oxygen atoms in total. The average Bonchev–Trinajstić information content (AvgIpc) is 3.10. The number of carbonyl (C=O) groups excluding carboxylic acids is 2. The van der Waals surface area contributed by atoms with Crippen LogP contribution < -0.4 is 14.8 Å². The van der Waals surface area contributed by atoms with Crippen LogP contribution in [-0.2, 0) is 27.2 Å². The molecule has 158 valence electrons. The molecule has 8 heteroatoms. The smallest absolute Gasteiger partial charge is 0.309 e. The largest absolute Gasteiger partial charge is 0.494 e. The third-order valence-electron chi connectivity index (χ3n) is 4.61. The molecule has 0 unspecified atom stereocenters. The highest BCUT2D eigenvalue weighted by Gasteiger charge is 2.22. The van der Waals surface area contributed by atoms with Crippen LogP contribution in [0.1, 0.15) is 42.2 Å². The maximum absolute atomic E-state index is 12.1. The molecule has 0 bridgehead atoms. The second-order valence-electron chi connectivity index (χ2n) is 6.74. The molecular weight excluding hydrogens is 404 g/mol. The van der Waals surface area contributed by atoms with Crippen LogP contribution in [-0.4, -0.2) is 31.7 Å². The van der Waals surface area contributed by atoms with Gasteiger partial charge in [-0.1, -0.05) is 0 Å². The molecule has 1 N–H and O–H groups in total. The van der Waals surface area contributed by atoms with Gasteiger partial charge in [-0.25, -0.2) is 0 Å². The van der Waals surface area contributed by atoms with Crippen molar-refractivity contribution < 1.29 is 23.8 Å². The highest BCUT2D eigenvalue weighted by molar-refractivity contribution is 7.16. The molecule has 1 aromatic heterocycles. The van der Waals surface area contributed by atoms with Crippen LogP contribution in [0.25, 0.3) is 0 Å². The SMILES string of the molecule is CCOc1ccc(OCCC(=O)OCC(=O)Nc2sc3c(c2C#N)CCCC3)cc1. The molecule has 1 aromatic carbocycles. The Morgan fingerprint density at radius 2 is 1.83 bits per heavy atom. The molecule has 30 heavy (non-hydrogen) atoms. The molecule has 2 aromatic rings. The lowest BCUT2D eigenvalue weighted by Gasteiger charge is -2.09. The molecule has 0 atom stereocenters. The summed E-state index contributed by atoms with van der Waals surface area (Å²) in [7, 11) is 0. The number of amides is 1. The van der Waals surface area contributed by atoms with Crippen LogP contribution in [0.5, 0.6) is 11.5 Å². The molecule has 0 saturated heterocycles. The van der Waals surface area contributed by atoms with Gasteiger partial charge in [0.1, 0.15) is 22.6 Å². The predicted octanol–water partition coefficient (Wildman–Crippen LogP) is 3.85. The van der Waals surface area contributed by atoms with Gasteiger partial charge in [-0.2, -0.15) is 5.26 Å². The second kappa shape index (κ2) is 10.6. The maximum Gasteiger partial charge on any atom is 0.309 e. The van der Waals surface area contributed by atoms with Crippen molar-refractivity contribution in [1.29, 1.82) is 5.26 Å². The number of nitriles is 1. The van der Waals surface area contributed by atoms with Crippen molar-refractivity contribution >= 4 is 28.2 Å². The maximum atomic E-state index is 12.1. The number of thiophene rings is 1. The number of hydrogen-bond donors (Lipinski definition) is 1. The summed E-state index contributed by atoms with van der Waals surface area (Å²) in [6.07, 6.45) is 3.99. The molecule has 0 spiro atoms. The van der Waals surface area contributed by atoms with Crippen molar-refractivity contribution in [3.8, 4) is 17.6 Å². The summed E-state index contributed by atoms with van der Waals surface area (Å²) < 4.78 is 15.9. The molecule has 0 fully saturated rings. The van der Waals surface area contributed by atoms with Crippen molar-refractivity contribution in [2.45, 2.75) is 39.0 Å². The van der Waals surface area contributed by atoms with E-state index in [1.807, 2.05) is 6.92 Å². The predicted molar refractivity (Wildman–Crippen MR) is 113 cm³/mol. The number of ether oxygens (including phenoxy) is 3. The number of carbonyl (C=O) groups is 2. The van der Waals surface area contributed by atoms with Crippen LogP contribution in [0.3, 0.4) is 0 Å². The molecule has 1 aliphatic carbocycles. The fraction of sp³-hybridized carbons (Fsp3) is 0.409. The van der Waals surface area contributed by atoms with E-state index in [1.54, 1.807) is 24.3 Å². The Kier molecular flexibility index (Phi) is 7.69. The number of benzene rings is 1. The van der Waals surface area contributed by atoms with E-state index < -0.39 is 18.5 Å². The normalized spacial score (nSPS) is 12.4. The lowest BCUT2D eigenvalue weighted by atomic mass is 9.96. The monoisotopic (exact) mass is 428 g/mol. The first-order valence-corrected chi connectivity index (χ1v) is 10.8. The minimum Gasteiger partial charge on any atom is -0.494 e. The fourth-order valence-corrected chi connectivity index (χ4v) is 4.46. The Morgan fingerprint density at radius 3 is 2.53 bits per heavy atom. The van der Waals surface area contributed by atoms with Crippen LogP contribution in [0, 0.1) is 11.3 Å². The minimum atomic E-state index is -0.526. The Morgan fingerprint density at radius 1 is 1.13 bits per heavy atom. The van der Waals surface area contributed by atoms with Gasteiger partial charge >= 0.3 is 5.97 Å². The zero-order chi connectivity index (χ0) is 21.3. The van der Waals surface area contributed by atoms with E-state index in [2.05, 4.69) is 11.4 Å². The quantitative estimate of drug-likeness (QED) is 0.609. The van der Waals surface area contributed by atoms with Gasteiger partial charge in [0.15, 0.2) is 6.61 Å². The van der Waals surface area contributed by atoms with Gasteiger partial charge in [0.25, 0.3) is 5.91 Å². The summed E-state index contributed by atoms with van der Waals surface area (Å²) in [4.78, 5) is 25.2. The van der Waals surface area contributed by atoms with Gasteiger partial charge in [0.2, 0.25) is 0 Å². The van der Waals surface area contributed by atoms with Crippen LogP contribution >= 0.6 is 11.3 Å². The van der Waals surface area contributed by atoms with Crippen molar-refractivity contribution in [2.24, 2.45) is 0 Å². The Hall–Kier alpha value is -3.05. The number of esters is 1. The molecule has 3 rings (SSSR count). The molecular formula is C22H24N2O5S. The second-order valence-corrected chi connectivity index (χ2v) is 7.84. The Balaban J connectivity index is 1.40. The van der Waals surface area contributed by atoms with E-state index in [0.717, 1.165) is 41.9 Å². The van der Waals surface area contributed by atoms with Crippen molar-refractivity contribution in [2.75, 3.05) is 25.1 Å². The summed E-state index contributed by atoms with van der Waals surface area (Å²) in [6.45, 7) is 2.25. The van der Waals surface area contributed by atoms with Gasteiger partial charge < -0.3 is 19.5 Å². The van der Waals surface area contributed by atoms with Crippen molar-refractivity contribution in [3.05, 3.63) is 40.3 Å². The van der Waals surface area contributed by atoms with Crippen LogP contribution in [0.15, 0.2) is 24.3 Å². The number of rotatable bonds is 9. The lowest BCUT2D eigenvalue weighted by Crippen LogP contribution is -2.21. The number of nitrogens with zero attached hydrogens (tertiary/aromatic N) is 1. The van der Waals surface area contributed by atoms with E-state index in [-0.39, 0.29) is 13.0 Å². The summed E-state index contributed by atoms with van der Waals surface area (Å²) in [5.41, 5.74) is 1.59. The number of aryl methyl sites for hydroxylation is 1. The van der Waals surface area contributed by atoms with Gasteiger partial charge in [-0.15, -0.1) is 11.3 Å². The molecule has 0 aliphatic heterocycles. The third kappa shape index (κ3) is 5.74. The van der Waals surface area contributed by atoms with Crippen LogP contribution in [0.4, 0.5) is 5.00 Å². The van der Waals surface area contributed by atoms with E-state index >= 15 is 0 Å². The molecule has 1 aliphatic rings. The average molecular weight is 429 g/mol. The summed E-state index contributed by atoms with van der Waals surface area (Å²) in [6, 6.07) is 9.30. The van der Waals surface area contributed by atoms with Crippen molar-refractivity contribution in [3.63, 3.8) is 0 Å². The van der Waals surface area contributed by atoms with Crippen molar-refractivity contribution in [1.82, 2.24) is 0 Å². The minimum absolute atomic E-state index is 0.0250. The first-order chi connectivity index (χ1) is 14.6. The fourth-order valence-electron chi connectivity index (χ4n) is 3.20.